The van der Waals surface area contributed by atoms with Gasteiger partial charge in [0.05, 0.1) is 18.7 Å². The van der Waals surface area contributed by atoms with Crippen molar-refractivity contribution in [2.75, 3.05) is 18.5 Å². The lowest BCUT2D eigenvalue weighted by molar-refractivity contribution is 0.0620. The lowest BCUT2D eigenvalue weighted by Crippen LogP contribution is -2.52. The van der Waals surface area contributed by atoms with E-state index in [1.165, 1.54) is 0 Å². The third kappa shape index (κ3) is 4.78. The van der Waals surface area contributed by atoms with E-state index in [0.29, 0.717) is 24.6 Å². The molecule has 6 heteroatoms. The molecule has 4 rings (SSSR count). The highest BCUT2D eigenvalue weighted by Crippen LogP contribution is 2.20. The van der Waals surface area contributed by atoms with E-state index < -0.39 is 0 Å². The molecule has 2 aromatic carbocycles. The smallest absolute Gasteiger partial charge is 0.251 e. The number of benzene rings is 2. The molecule has 2 heterocycles. The molecule has 1 amide bonds. The first-order valence-electron chi connectivity index (χ1n) is 9.79. The number of aromatic nitrogens is 2. The number of rotatable bonds is 5. The van der Waals surface area contributed by atoms with Gasteiger partial charge in [-0.25, -0.2) is 9.97 Å². The van der Waals surface area contributed by atoms with Crippen molar-refractivity contribution in [3.8, 4) is 11.1 Å². The average Bonchev–Trinajstić information content (AvgIpc) is 2.76. The molecular weight excluding hydrogens is 364 g/mol. The van der Waals surface area contributed by atoms with Crippen LogP contribution >= 0.6 is 0 Å². The van der Waals surface area contributed by atoms with E-state index in [1.807, 2.05) is 55.5 Å². The molecule has 0 spiro atoms. The van der Waals surface area contributed by atoms with Gasteiger partial charge in [0.2, 0.25) is 0 Å². The van der Waals surface area contributed by atoms with Gasteiger partial charge in [-0.05, 0) is 42.7 Å². The first-order chi connectivity index (χ1) is 14.2. The summed E-state index contributed by atoms with van der Waals surface area (Å²) < 4.78 is 5.61. The summed E-state index contributed by atoms with van der Waals surface area (Å²) in [7, 11) is 0. The molecule has 2 atom stereocenters. The maximum atomic E-state index is 12.8. The minimum absolute atomic E-state index is 0.0414. The normalized spacial score (nSPS) is 18.8. The fraction of sp³-hybridized carbons (Fsp3) is 0.261. The number of carbonyl (C=O) groups excluding carboxylic acids is 1. The Hall–Kier alpha value is -3.25. The van der Waals surface area contributed by atoms with Crippen molar-refractivity contribution in [3.63, 3.8) is 0 Å². The lowest BCUT2D eigenvalue weighted by Gasteiger charge is -2.33. The summed E-state index contributed by atoms with van der Waals surface area (Å²) >= 11 is 0. The molecular formula is C23H24N4O2. The second-order valence-corrected chi connectivity index (χ2v) is 7.13. The molecule has 0 bridgehead atoms. The number of carbonyl (C=O) groups is 1. The quantitative estimate of drug-likeness (QED) is 0.700. The SMILES string of the molecule is Cc1nccc(N[C@@H]2COCC[C@@H]2NC(=O)c2ccc(-c3ccccc3)cc2)n1. The van der Waals surface area contributed by atoms with Crippen molar-refractivity contribution < 1.29 is 9.53 Å². The summed E-state index contributed by atoms with van der Waals surface area (Å²) in [5.41, 5.74) is 2.87. The monoisotopic (exact) mass is 388 g/mol. The van der Waals surface area contributed by atoms with Crippen LogP contribution in [0, 0.1) is 6.92 Å². The largest absolute Gasteiger partial charge is 0.379 e. The summed E-state index contributed by atoms with van der Waals surface area (Å²) in [6, 6.07) is 19.5. The zero-order valence-electron chi connectivity index (χ0n) is 16.3. The van der Waals surface area contributed by atoms with Gasteiger partial charge in [-0.3, -0.25) is 4.79 Å². The van der Waals surface area contributed by atoms with Crippen LogP contribution in [0.25, 0.3) is 11.1 Å². The van der Waals surface area contributed by atoms with Gasteiger partial charge >= 0.3 is 0 Å². The van der Waals surface area contributed by atoms with Crippen molar-refractivity contribution in [2.45, 2.75) is 25.4 Å². The Morgan fingerprint density at radius 2 is 1.76 bits per heavy atom. The number of ether oxygens (including phenoxy) is 1. The predicted molar refractivity (Wildman–Crippen MR) is 113 cm³/mol. The van der Waals surface area contributed by atoms with Crippen molar-refractivity contribution in [3.05, 3.63) is 78.2 Å². The Labute approximate surface area is 170 Å². The van der Waals surface area contributed by atoms with Crippen molar-refractivity contribution >= 4 is 11.7 Å². The highest BCUT2D eigenvalue weighted by atomic mass is 16.5. The standard InChI is InChI=1S/C23H24N4O2/c1-16-24-13-11-22(25-16)26-21-15-29-14-12-20(21)27-23(28)19-9-7-18(8-10-19)17-5-3-2-4-6-17/h2-11,13,20-21H,12,14-15H2,1H3,(H,27,28)(H,24,25,26)/t20-,21+/m0/s1. The fourth-order valence-corrected chi connectivity index (χ4v) is 3.48. The van der Waals surface area contributed by atoms with Gasteiger partial charge in [-0.15, -0.1) is 0 Å². The van der Waals surface area contributed by atoms with E-state index >= 15 is 0 Å². The van der Waals surface area contributed by atoms with Gasteiger partial charge in [0.15, 0.2) is 0 Å². The van der Waals surface area contributed by atoms with Gasteiger partial charge in [-0.2, -0.15) is 0 Å². The third-order valence-electron chi connectivity index (χ3n) is 5.04. The summed E-state index contributed by atoms with van der Waals surface area (Å²) in [6.45, 7) is 2.99. The summed E-state index contributed by atoms with van der Waals surface area (Å²) in [5, 5.41) is 6.52. The van der Waals surface area contributed by atoms with E-state index in [0.717, 1.165) is 23.4 Å². The minimum Gasteiger partial charge on any atom is -0.379 e. The maximum Gasteiger partial charge on any atom is 0.251 e. The van der Waals surface area contributed by atoms with Crippen LogP contribution in [0.3, 0.4) is 0 Å². The number of nitrogens with one attached hydrogen (secondary N) is 2. The van der Waals surface area contributed by atoms with Gasteiger partial charge in [-0.1, -0.05) is 42.5 Å². The van der Waals surface area contributed by atoms with E-state index in [1.54, 1.807) is 6.20 Å². The zero-order valence-corrected chi connectivity index (χ0v) is 16.3. The zero-order chi connectivity index (χ0) is 20.1. The van der Waals surface area contributed by atoms with Crippen molar-refractivity contribution in [2.24, 2.45) is 0 Å². The first-order valence-corrected chi connectivity index (χ1v) is 9.79. The van der Waals surface area contributed by atoms with Gasteiger partial charge in [0.1, 0.15) is 11.6 Å². The molecule has 148 valence electrons. The molecule has 0 unspecified atom stereocenters. The van der Waals surface area contributed by atoms with Crippen LogP contribution in [-0.2, 0) is 4.74 Å². The van der Waals surface area contributed by atoms with Crippen molar-refractivity contribution in [1.82, 2.24) is 15.3 Å². The van der Waals surface area contributed by atoms with E-state index in [9.17, 15) is 4.79 Å². The number of hydrogen-bond acceptors (Lipinski definition) is 5. The number of hydrogen-bond donors (Lipinski definition) is 2. The Balaban J connectivity index is 1.43. The van der Waals surface area contributed by atoms with Crippen LogP contribution in [0.15, 0.2) is 66.9 Å². The number of aryl methyl sites for hydroxylation is 1. The topological polar surface area (TPSA) is 76.1 Å². The average molecular weight is 388 g/mol. The summed E-state index contributed by atoms with van der Waals surface area (Å²) in [4.78, 5) is 21.3. The Morgan fingerprint density at radius 3 is 2.52 bits per heavy atom. The molecule has 0 aliphatic carbocycles. The molecule has 0 radical (unpaired) electrons. The van der Waals surface area contributed by atoms with Crippen LogP contribution in [0.1, 0.15) is 22.6 Å². The molecule has 6 nitrogen and oxygen atoms in total. The lowest BCUT2D eigenvalue weighted by atomic mass is 10.0. The number of nitrogens with zero attached hydrogens (tertiary/aromatic N) is 2. The Bertz CT molecular complexity index is 960. The molecule has 1 aliphatic heterocycles. The maximum absolute atomic E-state index is 12.8. The molecule has 1 aliphatic rings. The highest BCUT2D eigenvalue weighted by Gasteiger charge is 2.27. The van der Waals surface area contributed by atoms with Crippen LogP contribution in [-0.4, -0.2) is 41.2 Å². The summed E-state index contributed by atoms with van der Waals surface area (Å²) in [5.74, 6) is 1.35. The second kappa shape index (κ2) is 8.84. The molecule has 0 saturated carbocycles. The van der Waals surface area contributed by atoms with E-state index in [-0.39, 0.29) is 18.0 Å². The first kappa shape index (κ1) is 19.1. The van der Waals surface area contributed by atoms with Crippen LogP contribution < -0.4 is 10.6 Å². The second-order valence-electron chi connectivity index (χ2n) is 7.13. The van der Waals surface area contributed by atoms with Gasteiger partial charge in [0, 0.05) is 18.4 Å². The van der Waals surface area contributed by atoms with Gasteiger partial charge in [0.25, 0.3) is 5.91 Å². The Kier molecular flexibility index (Phi) is 5.81. The fourth-order valence-electron chi connectivity index (χ4n) is 3.48. The molecule has 3 aromatic rings. The van der Waals surface area contributed by atoms with Crippen LogP contribution in [0.2, 0.25) is 0 Å². The Morgan fingerprint density at radius 1 is 1.00 bits per heavy atom. The van der Waals surface area contributed by atoms with Crippen LogP contribution in [0.5, 0.6) is 0 Å². The molecule has 1 saturated heterocycles. The van der Waals surface area contributed by atoms with Crippen molar-refractivity contribution in [1.29, 1.82) is 0 Å². The number of anilines is 1. The van der Waals surface area contributed by atoms with E-state index in [2.05, 4.69) is 32.7 Å². The number of amides is 1. The molecule has 1 aromatic heterocycles. The molecule has 29 heavy (non-hydrogen) atoms. The third-order valence-corrected chi connectivity index (χ3v) is 5.04. The predicted octanol–water partition coefficient (Wildman–Crippen LogP) is 3.45. The van der Waals surface area contributed by atoms with Gasteiger partial charge < -0.3 is 15.4 Å². The summed E-state index contributed by atoms with van der Waals surface area (Å²) in [6.07, 6.45) is 2.46. The van der Waals surface area contributed by atoms with E-state index in [4.69, 9.17) is 4.74 Å². The molecule has 1 fully saturated rings. The van der Waals surface area contributed by atoms with Crippen LogP contribution in [0.4, 0.5) is 5.82 Å². The molecule has 2 N–H and O–H groups in total. The minimum atomic E-state index is -0.0813. The highest BCUT2D eigenvalue weighted by molar-refractivity contribution is 5.95.